The van der Waals surface area contributed by atoms with Crippen LogP contribution in [0.3, 0.4) is 0 Å². The van der Waals surface area contributed by atoms with E-state index in [1.54, 1.807) is 0 Å². The number of ether oxygens (including phenoxy) is 1. The maximum atomic E-state index is 5.53. The third kappa shape index (κ3) is 2.46. The summed E-state index contributed by atoms with van der Waals surface area (Å²) in [4.78, 5) is 0. The monoisotopic (exact) mass is 171 g/mol. The Morgan fingerprint density at radius 3 is 2.50 bits per heavy atom. The minimum Gasteiger partial charge on any atom is -0.381 e. The van der Waals surface area contributed by atoms with Crippen LogP contribution in [0, 0.1) is 5.41 Å². The zero-order chi connectivity index (χ0) is 8.86. The van der Waals surface area contributed by atoms with Crippen LogP contribution in [0.1, 0.15) is 39.0 Å². The Kier molecular flexibility index (Phi) is 4.02. The quantitative estimate of drug-likeness (QED) is 0.701. The van der Waals surface area contributed by atoms with Crippen molar-refractivity contribution in [3.63, 3.8) is 0 Å². The van der Waals surface area contributed by atoms with Crippen LogP contribution in [0.4, 0.5) is 0 Å². The van der Waals surface area contributed by atoms with E-state index < -0.39 is 0 Å². The van der Waals surface area contributed by atoms with Crippen molar-refractivity contribution >= 4 is 0 Å². The lowest BCUT2D eigenvalue weighted by molar-refractivity contribution is 0.00738. The van der Waals surface area contributed by atoms with Crippen LogP contribution < -0.4 is 5.73 Å². The lowest BCUT2D eigenvalue weighted by Gasteiger charge is -2.36. The summed E-state index contributed by atoms with van der Waals surface area (Å²) >= 11 is 0. The highest BCUT2D eigenvalue weighted by atomic mass is 16.5. The van der Waals surface area contributed by atoms with Gasteiger partial charge >= 0.3 is 0 Å². The number of hydrogen-bond donors (Lipinski definition) is 1. The minimum absolute atomic E-state index is 0.567. The van der Waals surface area contributed by atoms with Crippen molar-refractivity contribution in [2.45, 2.75) is 39.0 Å². The van der Waals surface area contributed by atoms with Crippen LogP contribution >= 0.6 is 0 Å². The van der Waals surface area contributed by atoms with E-state index in [-0.39, 0.29) is 0 Å². The van der Waals surface area contributed by atoms with Gasteiger partial charge in [-0.05, 0) is 37.6 Å². The topological polar surface area (TPSA) is 35.2 Å². The van der Waals surface area contributed by atoms with Gasteiger partial charge in [-0.3, -0.25) is 0 Å². The van der Waals surface area contributed by atoms with Crippen LogP contribution in [-0.2, 0) is 4.74 Å². The van der Waals surface area contributed by atoms with E-state index in [0.29, 0.717) is 5.41 Å². The summed E-state index contributed by atoms with van der Waals surface area (Å²) in [5, 5.41) is 0. The molecule has 1 fully saturated rings. The van der Waals surface area contributed by atoms with Gasteiger partial charge in [0.15, 0.2) is 0 Å². The smallest absolute Gasteiger partial charge is 0.0471 e. The van der Waals surface area contributed by atoms with Crippen LogP contribution in [0.15, 0.2) is 0 Å². The van der Waals surface area contributed by atoms with Crippen molar-refractivity contribution < 1.29 is 4.74 Å². The molecular formula is C10H21NO. The highest BCUT2D eigenvalue weighted by Gasteiger charge is 2.29. The van der Waals surface area contributed by atoms with Gasteiger partial charge in [-0.1, -0.05) is 13.3 Å². The lowest BCUT2D eigenvalue weighted by atomic mass is 9.74. The standard InChI is InChI=1S/C10H21NO/c1-2-10(4-3-7-11)5-8-12-9-6-10/h2-9,11H2,1H3. The molecule has 0 aliphatic carbocycles. The van der Waals surface area contributed by atoms with Gasteiger partial charge in [0, 0.05) is 13.2 Å². The Hall–Kier alpha value is -0.0800. The first-order valence-corrected chi connectivity index (χ1v) is 5.11. The fourth-order valence-electron chi connectivity index (χ4n) is 2.06. The summed E-state index contributed by atoms with van der Waals surface area (Å²) < 4.78 is 5.38. The molecule has 0 aromatic rings. The van der Waals surface area contributed by atoms with Crippen molar-refractivity contribution in [2.24, 2.45) is 11.1 Å². The number of rotatable bonds is 4. The second kappa shape index (κ2) is 4.83. The van der Waals surface area contributed by atoms with Gasteiger partial charge in [-0.2, -0.15) is 0 Å². The van der Waals surface area contributed by atoms with E-state index in [0.717, 1.165) is 19.8 Å². The second-order valence-electron chi connectivity index (χ2n) is 3.86. The summed E-state index contributed by atoms with van der Waals surface area (Å²) in [5.74, 6) is 0. The van der Waals surface area contributed by atoms with Gasteiger partial charge in [0.05, 0.1) is 0 Å². The molecule has 2 nitrogen and oxygen atoms in total. The van der Waals surface area contributed by atoms with Crippen LogP contribution in [0.2, 0.25) is 0 Å². The molecule has 1 aliphatic heterocycles. The van der Waals surface area contributed by atoms with Gasteiger partial charge in [0.2, 0.25) is 0 Å². The molecule has 0 aromatic carbocycles. The molecule has 12 heavy (non-hydrogen) atoms. The fraction of sp³-hybridized carbons (Fsp3) is 1.00. The van der Waals surface area contributed by atoms with Crippen molar-refractivity contribution in [1.82, 2.24) is 0 Å². The molecule has 0 aromatic heterocycles. The zero-order valence-electron chi connectivity index (χ0n) is 8.14. The Morgan fingerprint density at radius 2 is 2.00 bits per heavy atom. The summed E-state index contributed by atoms with van der Waals surface area (Å²) in [6.07, 6.45) is 6.24. The molecule has 0 radical (unpaired) electrons. The van der Waals surface area contributed by atoms with E-state index >= 15 is 0 Å². The summed E-state index contributed by atoms with van der Waals surface area (Å²) in [7, 11) is 0. The molecule has 0 saturated carbocycles. The van der Waals surface area contributed by atoms with Crippen LogP contribution in [0.5, 0.6) is 0 Å². The highest BCUT2D eigenvalue weighted by molar-refractivity contribution is 4.80. The Morgan fingerprint density at radius 1 is 1.33 bits per heavy atom. The summed E-state index contributed by atoms with van der Waals surface area (Å²) in [5.41, 5.74) is 6.10. The Labute approximate surface area is 75.5 Å². The first kappa shape index (κ1) is 10.0. The lowest BCUT2D eigenvalue weighted by Crippen LogP contribution is -2.29. The highest BCUT2D eigenvalue weighted by Crippen LogP contribution is 2.38. The largest absolute Gasteiger partial charge is 0.381 e. The van der Waals surface area contributed by atoms with Crippen LogP contribution in [-0.4, -0.2) is 19.8 Å². The van der Waals surface area contributed by atoms with Gasteiger partial charge in [0.1, 0.15) is 0 Å². The van der Waals surface area contributed by atoms with E-state index in [4.69, 9.17) is 10.5 Å². The van der Waals surface area contributed by atoms with Crippen molar-refractivity contribution in [1.29, 1.82) is 0 Å². The molecular weight excluding hydrogens is 150 g/mol. The van der Waals surface area contributed by atoms with Crippen molar-refractivity contribution in [3.05, 3.63) is 0 Å². The van der Waals surface area contributed by atoms with Crippen LogP contribution in [0.25, 0.3) is 0 Å². The molecule has 0 atom stereocenters. The maximum Gasteiger partial charge on any atom is 0.0471 e. The van der Waals surface area contributed by atoms with Gasteiger partial charge in [-0.25, -0.2) is 0 Å². The molecule has 2 heteroatoms. The maximum absolute atomic E-state index is 5.53. The average Bonchev–Trinajstić information content (AvgIpc) is 2.16. The molecule has 1 heterocycles. The van der Waals surface area contributed by atoms with E-state index in [9.17, 15) is 0 Å². The first-order chi connectivity index (χ1) is 5.83. The molecule has 1 saturated heterocycles. The summed E-state index contributed by atoms with van der Waals surface area (Å²) in [6, 6.07) is 0. The normalized spacial score (nSPS) is 22.5. The van der Waals surface area contributed by atoms with Crippen molar-refractivity contribution in [2.75, 3.05) is 19.8 Å². The second-order valence-corrected chi connectivity index (χ2v) is 3.86. The van der Waals surface area contributed by atoms with Gasteiger partial charge in [-0.15, -0.1) is 0 Å². The van der Waals surface area contributed by atoms with Gasteiger partial charge in [0.25, 0.3) is 0 Å². The summed E-state index contributed by atoms with van der Waals surface area (Å²) in [6.45, 7) is 5.04. The third-order valence-electron chi connectivity index (χ3n) is 3.21. The molecule has 2 N–H and O–H groups in total. The van der Waals surface area contributed by atoms with Crippen molar-refractivity contribution in [3.8, 4) is 0 Å². The molecule has 1 aliphatic rings. The van der Waals surface area contributed by atoms with E-state index in [1.165, 1.54) is 32.1 Å². The predicted octanol–water partition coefficient (Wildman–Crippen LogP) is 1.93. The number of nitrogens with two attached hydrogens (primary N) is 1. The average molecular weight is 171 g/mol. The molecule has 1 rings (SSSR count). The molecule has 72 valence electrons. The first-order valence-electron chi connectivity index (χ1n) is 5.11. The SMILES string of the molecule is CCC1(CCCN)CCOCC1. The van der Waals surface area contributed by atoms with Gasteiger partial charge < -0.3 is 10.5 Å². The zero-order valence-corrected chi connectivity index (χ0v) is 8.14. The Balaban J connectivity index is 2.37. The van der Waals surface area contributed by atoms with E-state index in [2.05, 4.69) is 6.92 Å². The molecule has 0 amide bonds. The van der Waals surface area contributed by atoms with E-state index in [1.807, 2.05) is 0 Å². The third-order valence-corrected chi connectivity index (χ3v) is 3.21. The number of hydrogen-bond acceptors (Lipinski definition) is 2. The fourth-order valence-corrected chi connectivity index (χ4v) is 2.06. The predicted molar refractivity (Wildman–Crippen MR) is 51.1 cm³/mol. The molecule has 0 bridgehead atoms. The molecule has 0 spiro atoms. The Bertz CT molecular complexity index is 119. The minimum atomic E-state index is 0.567. The molecule has 0 unspecified atom stereocenters.